The topological polar surface area (TPSA) is 82.9 Å². The third kappa shape index (κ3) is 4.39. The van der Waals surface area contributed by atoms with Gasteiger partial charge in [0.15, 0.2) is 11.5 Å². The maximum absolute atomic E-state index is 12.9. The molecule has 0 saturated carbocycles. The fourth-order valence-electron chi connectivity index (χ4n) is 3.76. The maximum atomic E-state index is 12.9. The van der Waals surface area contributed by atoms with Crippen LogP contribution in [0, 0.1) is 0 Å². The van der Waals surface area contributed by atoms with Crippen molar-refractivity contribution in [1.29, 1.82) is 0 Å². The Balaban J connectivity index is 1.46. The Morgan fingerprint density at radius 1 is 1.16 bits per heavy atom. The maximum Gasteiger partial charge on any atom is 0.261 e. The van der Waals surface area contributed by atoms with Gasteiger partial charge in [-0.05, 0) is 11.6 Å². The summed E-state index contributed by atoms with van der Waals surface area (Å²) >= 11 is 0. The zero-order valence-electron chi connectivity index (χ0n) is 17.6. The average molecular weight is 423 g/mol. The molecule has 8 heteroatoms. The van der Waals surface area contributed by atoms with E-state index in [0.717, 1.165) is 5.56 Å². The minimum absolute atomic E-state index is 0.0106. The predicted molar refractivity (Wildman–Crippen MR) is 115 cm³/mol. The lowest BCUT2D eigenvalue weighted by atomic mass is 10.1. The molecule has 1 atom stereocenters. The Labute approximate surface area is 180 Å². The van der Waals surface area contributed by atoms with Crippen LogP contribution in [0.25, 0.3) is 10.9 Å². The van der Waals surface area contributed by atoms with Crippen LogP contribution in [0.2, 0.25) is 0 Å². The Morgan fingerprint density at radius 2 is 1.90 bits per heavy atom. The quantitative estimate of drug-likeness (QED) is 0.606. The Bertz CT molecular complexity index is 1130. The zero-order chi connectivity index (χ0) is 21.8. The van der Waals surface area contributed by atoms with Crippen LogP contribution < -0.4 is 15.0 Å². The van der Waals surface area contributed by atoms with Gasteiger partial charge in [-0.25, -0.2) is 4.98 Å². The molecular formula is C23H25N3O5. The predicted octanol–water partition coefficient (Wildman–Crippen LogP) is 2.40. The molecule has 0 N–H and O–H groups in total. The zero-order valence-corrected chi connectivity index (χ0v) is 17.6. The molecule has 1 unspecified atom stereocenters. The van der Waals surface area contributed by atoms with Crippen molar-refractivity contribution in [3.8, 4) is 11.5 Å². The first kappa shape index (κ1) is 20.9. The molecule has 2 aromatic carbocycles. The lowest BCUT2D eigenvalue weighted by Gasteiger charge is -2.33. The van der Waals surface area contributed by atoms with Crippen molar-refractivity contribution in [2.75, 3.05) is 33.9 Å². The number of nitrogens with zero attached hydrogens (tertiary/aromatic N) is 3. The van der Waals surface area contributed by atoms with Crippen LogP contribution in [0.3, 0.4) is 0 Å². The Hall–Kier alpha value is -3.39. The lowest BCUT2D eigenvalue weighted by molar-refractivity contribution is -0.139. The summed E-state index contributed by atoms with van der Waals surface area (Å²) in [7, 11) is 3.05. The van der Waals surface area contributed by atoms with Crippen molar-refractivity contribution in [2.45, 2.75) is 19.1 Å². The van der Waals surface area contributed by atoms with Crippen LogP contribution >= 0.6 is 0 Å². The molecule has 0 bridgehead atoms. The van der Waals surface area contributed by atoms with Crippen molar-refractivity contribution in [3.05, 3.63) is 64.7 Å². The fraction of sp³-hybridized carbons (Fsp3) is 0.348. The first-order valence-corrected chi connectivity index (χ1v) is 10.2. The normalized spacial score (nSPS) is 16.3. The van der Waals surface area contributed by atoms with Crippen LogP contribution in [-0.2, 0) is 16.1 Å². The SMILES string of the molecule is COc1cc2ncn(CCC(=O)N3CCOC(c4ccccc4)C3)c(=O)c2cc1OC. The highest BCUT2D eigenvalue weighted by atomic mass is 16.5. The van der Waals surface area contributed by atoms with Crippen molar-refractivity contribution in [1.82, 2.24) is 14.5 Å². The number of methoxy groups -OCH3 is 2. The molecule has 4 rings (SSSR count). The van der Waals surface area contributed by atoms with Gasteiger partial charge in [-0.2, -0.15) is 0 Å². The fourth-order valence-corrected chi connectivity index (χ4v) is 3.76. The number of aryl methyl sites for hydroxylation is 1. The second-order valence-electron chi connectivity index (χ2n) is 7.33. The van der Waals surface area contributed by atoms with Gasteiger partial charge in [0.1, 0.15) is 6.10 Å². The minimum Gasteiger partial charge on any atom is -0.493 e. The summed E-state index contributed by atoms with van der Waals surface area (Å²) < 4.78 is 17.9. The molecule has 31 heavy (non-hydrogen) atoms. The number of rotatable bonds is 6. The third-order valence-electron chi connectivity index (χ3n) is 5.49. The van der Waals surface area contributed by atoms with Crippen LogP contribution in [0.4, 0.5) is 0 Å². The number of hydrogen-bond donors (Lipinski definition) is 0. The van der Waals surface area contributed by atoms with Gasteiger partial charge in [0.25, 0.3) is 5.56 Å². The molecule has 8 nitrogen and oxygen atoms in total. The summed E-state index contributed by atoms with van der Waals surface area (Å²) in [6, 6.07) is 13.2. The van der Waals surface area contributed by atoms with E-state index < -0.39 is 0 Å². The highest BCUT2D eigenvalue weighted by molar-refractivity contribution is 5.81. The number of amides is 1. The number of carbonyl (C=O) groups is 1. The molecule has 3 aromatic rings. The van der Waals surface area contributed by atoms with E-state index in [1.165, 1.54) is 25.1 Å². The van der Waals surface area contributed by atoms with Gasteiger partial charge >= 0.3 is 0 Å². The second kappa shape index (κ2) is 9.18. The highest BCUT2D eigenvalue weighted by Gasteiger charge is 2.25. The lowest BCUT2D eigenvalue weighted by Crippen LogP contribution is -2.42. The summed E-state index contributed by atoms with van der Waals surface area (Å²) in [6.07, 6.45) is 1.55. The summed E-state index contributed by atoms with van der Waals surface area (Å²) in [5.74, 6) is 0.960. The van der Waals surface area contributed by atoms with Crippen molar-refractivity contribution < 1.29 is 19.0 Å². The molecule has 1 amide bonds. The summed E-state index contributed by atoms with van der Waals surface area (Å²) in [5.41, 5.74) is 1.35. The molecule has 0 aliphatic carbocycles. The van der Waals surface area contributed by atoms with Gasteiger partial charge in [0.05, 0.1) is 44.6 Å². The van der Waals surface area contributed by atoms with Gasteiger partial charge < -0.3 is 19.1 Å². The largest absolute Gasteiger partial charge is 0.493 e. The molecule has 162 valence electrons. The van der Waals surface area contributed by atoms with Gasteiger partial charge in [0.2, 0.25) is 5.91 Å². The molecule has 1 saturated heterocycles. The first-order valence-electron chi connectivity index (χ1n) is 10.2. The Morgan fingerprint density at radius 3 is 2.65 bits per heavy atom. The van der Waals surface area contributed by atoms with E-state index in [0.29, 0.717) is 42.1 Å². The molecule has 1 aliphatic heterocycles. The van der Waals surface area contributed by atoms with E-state index in [2.05, 4.69) is 4.98 Å². The number of carbonyl (C=O) groups excluding carboxylic acids is 1. The van der Waals surface area contributed by atoms with Crippen molar-refractivity contribution in [2.24, 2.45) is 0 Å². The van der Waals surface area contributed by atoms with E-state index in [1.807, 2.05) is 30.3 Å². The van der Waals surface area contributed by atoms with Crippen LogP contribution in [-0.4, -0.2) is 54.3 Å². The highest BCUT2D eigenvalue weighted by Crippen LogP contribution is 2.29. The van der Waals surface area contributed by atoms with Crippen molar-refractivity contribution >= 4 is 16.8 Å². The first-order chi connectivity index (χ1) is 15.1. The van der Waals surface area contributed by atoms with Gasteiger partial charge in [0, 0.05) is 25.6 Å². The van der Waals surface area contributed by atoms with Crippen LogP contribution in [0.1, 0.15) is 18.1 Å². The third-order valence-corrected chi connectivity index (χ3v) is 5.49. The van der Waals surface area contributed by atoms with E-state index in [-0.39, 0.29) is 30.5 Å². The molecule has 0 spiro atoms. The number of ether oxygens (including phenoxy) is 3. The van der Waals surface area contributed by atoms with E-state index in [1.54, 1.807) is 17.0 Å². The molecule has 1 aromatic heterocycles. The average Bonchev–Trinajstić information content (AvgIpc) is 2.83. The second-order valence-corrected chi connectivity index (χ2v) is 7.33. The summed E-state index contributed by atoms with van der Waals surface area (Å²) in [6.45, 7) is 1.79. The minimum atomic E-state index is -0.220. The Kier molecular flexibility index (Phi) is 6.18. The number of morpholine rings is 1. The van der Waals surface area contributed by atoms with Crippen LogP contribution in [0.15, 0.2) is 53.6 Å². The van der Waals surface area contributed by atoms with E-state index in [9.17, 15) is 9.59 Å². The number of aromatic nitrogens is 2. The molecular weight excluding hydrogens is 398 g/mol. The van der Waals surface area contributed by atoms with Crippen molar-refractivity contribution in [3.63, 3.8) is 0 Å². The van der Waals surface area contributed by atoms with E-state index in [4.69, 9.17) is 14.2 Å². The monoisotopic (exact) mass is 423 g/mol. The number of benzene rings is 2. The van der Waals surface area contributed by atoms with Crippen LogP contribution in [0.5, 0.6) is 11.5 Å². The van der Waals surface area contributed by atoms with E-state index >= 15 is 0 Å². The smallest absolute Gasteiger partial charge is 0.261 e. The molecule has 1 aliphatic rings. The summed E-state index contributed by atoms with van der Waals surface area (Å²) in [5, 5.41) is 0.420. The van der Waals surface area contributed by atoms with Gasteiger partial charge in [-0.15, -0.1) is 0 Å². The van der Waals surface area contributed by atoms with Gasteiger partial charge in [-0.1, -0.05) is 30.3 Å². The molecule has 2 heterocycles. The number of hydrogen-bond acceptors (Lipinski definition) is 6. The molecule has 1 fully saturated rings. The molecule has 0 radical (unpaired) electrons. The summed E-state index contributed by atoms with van der Waals surface area (Å²) in [4.78, 5) is 31.9. The van der Waals surface area contributed by atoms with Gasteiger partial charge in [-0.3, -0.25) is 14.2 Å². The number of fused-ring (bicyclic) bond motifs is 1. The standard InChI is InChI=1S/C23H25N3O5/c1-29-19-12-17-18(13-20(19)30-2)24-15-26(23(17)28)9-8-22(27)25-10-11-31-21(14-25)16-6-4-3-5-7-16/h3-7,12-13,15,21H,8-11,14H2,1-2H3.